The Kier molecular flexibility index (Phi) is 3.89. The van der Waals surface area contributed by atoms with Gasteiger partial charge >= 0.3 is 0 Å². The highest BCUT2D eigenvalue weighted by Gasteiger charge is 2.09. The summed E-state index contributed by atoms with van der Waals surface area (Å²) in [6.45, 7) is 0.831. The summed E-state index contributed by atoms with van der Waals surface area (Å²) in [5.74, 6) is 0. The minimum Gasteiger partial charge on any atom is -0.396 e. The first-order valence-electron chi connectivity index (χ1n) is 5.04. The van der Waals surface area contributed by atoms with Crippen molar-refractivity contribution in [2.24, 2.45) is 0 Å². The van der Waals surface area contributed by atoms with Gasteiger partial charge in [-0.3, -0.25) is 0 Å². The van der Waals surface area contributed by atoms with E-state index < -0.39 is 0 Å². The van der Waals surface area contributed by atoms with Crippen LogP contribution in [0.25, 0.3) is 0 Å². The zero-order chi connectivity index (χ0) is 11.4. The van der Waals surface area contributed by atoms with Crippen molar-refractivity contribution in [2.45, 2.75) is 13.0 Å². The first kappa shape index (κ1) is 11.5. The number of hydrogen-bond acceptors (Lipinski definition) is 3. The number of aliphatic hydroxyl groups excluding tert-OH is 1. The van der Waals surface area contributed by atoms with Crippen LogP contribution in [0.15, 0.2) is 30.3 Å². The van der Waals surface area contributed by atoms with Crippen molar-refractivity contribution >= 4 is 22.6 Å². The van der Waals surface area contributed by atoms with E-state index in [0.717, 1.165) is 15.9 Å². The summed E-state index contributed by atoms with van der Waals surface area (Å²) in [4.78, 5) is 0. The van der Waals surface area contributed by atoms with E-state index in [2.05, 4.69) is 45.0 Å². The lowest BCUT2D eigenvalue weighted by molar-refractivity contribution is 0.298. The number of rotatable bonds is 4. The number of hydrogen-bond donors (Lipinski definition) is 1. The van der Waals surface area contributed by atoms with Gasteiger partial charge in [0.2, 0.25) is 0 Å². The predicted octanol–water partition coefficient (Wildman–Crippen LogP) is 1.47. The maximum absolute atomic E-state index is 8.86. The summed E-state index contributed by atoms with van der Waals surface area (Å²) in [5, 5.41) is 17.0. The van der Waals surface area contributed by atoms with Crippen molar-refractivity contribution in [1.82, 2.24) is 15.0 Å². The van der Waals surface area contributed by atoms with Crippen LogP contribution in [0.2, 0.25) is 0 Å². The van der Waals surface area contributed by atoms with Crippen molar-refractivity contribution in [1.29, 1.82) is 0 Å². The largest absolute Gasteiger partial charge is 0.396 e. The topological polar surface area (TPSA) is 50.9 Å². The summed E-state index contributed by atoms with van der Waals surface area (Å²) in [7, 11) is 0. The fourth-order valence-electron chi connectivity index (χ4n) is 1.45. The number of nitrogens with zero attached hydrogens (tertiary/aromatic N) is 3. The number of aromatic nitrogens is 3. The molecule has 0 aliphatic rings. The second-order valence-corrected chi connectivity index (χ2v) is 4.47. The van der Waals surface area contributed by atoms with Crippen LogP contribution in [-0.4, -0.2) is 26.7 Å². The van der Waals surface area contributed by atoms with Gasteiger partial charge in [-0.1, -0.05) is 35.5 Å². The second kappa shape index (κ2) is 5.40. The highest BCUT2D eigenvalue weighted by Crippen LogP contribution is 2.11. The molecule has 0 amide bonds. The van der Waals surface area contributed by atoms with Gasteiger partial charge in [0.15, 0.2) is 0 Å². The first-order valence-corrected chi connectivity index (χ1v) is 6.12. The summed E-state index contributed by atoms with van der Waals surface area (Å²) in [5.41, 5.74) is 2.06. The van der Waals surface area contributed by atoms with E-state index in [1.807, 2.05) is 22.9 Å². The maximum atomic E-state index is 8.86. The van der Waals surface area contributed by atoms with E-state index in [1.54, 1.807) is 0 Å². The predicted molar refractivity (Wildman–Crippen MR) is 69.1 cm³/mol. The Bertz CT molecular complexity index is 456. The van der Waals surface area contributed by atoms with E-state index >= 15 is 0 Å². The van der Waals surface area contributed by atoms with Crippen molar-refractivity contribution in [3.8, 4) is 0 Å². The summed E-state index contributed by atoms with van der Waals surface area (Å²) in [6, 6.07) is 10.1. The van der Waals surface area contributed by atoms with Gasteiger partial charge in [0.1, 0.15) is 3.70 Å². The lowest BCUT2D eigenvalue weighted by atomic mass is 10.2. The van der Waals surface area contributed by atoms with E-state index in [0.29, 0.717) is 6.42 Å². The average Bonchev–Trinajstić information content (AvgIpc) is 2.64. The summed E-state index contributed by atoms with van der Waals surface area (Å²) >= 11 is 2.21. The van der Waals surface area contributed by atoms with Gasteiger partial charge < -0.3 is 5.11 Å². The molecule has 0 saturated heterocycles. The van der Waals surface area contributed by atoms with Crippen LogP contribution in [0.5, 0.6) is 0 Å². The highest BCUT2D eigenvalue weighted by molar-refractivity contribution is 14.1. The van der Waals surface area contributed by atoms with Crippen LogP contribution >= 0.6 is 22.6 Å². The summed E-state index contributed by atoms with van der Waals surface area (Å²) < 4.78 is 2.84. The van der Waals surface area contributed by atoms with Gasteiger partial charge in [0, 0.05) is 13.0 Å². The zero-order valence-electron chi connectivity index (χ0n) is 8.67. The van der Waals surface area contributed by atoms with E-state index in [4.69, 9.17) is 5.11 Å². The molecule has 0 aliphatic heterocycles. The smallest absolute Gasteiger partial charge is 0.123 e. The van der Waals surface area contributed by atoms with E-state index in [1.165, 1.54) is 5.56 Å². The molecule has 0 radical (unpaired) electrons. The molecule has 84 valence electrons. The second-order valence-electron chi connectivity index (χ2n) is 3.44. The van der Waals surface area contributed by atoms with Crippen LogP contribution in [0.3, 0.4) is 0 Å². The zero-order valence-corrected chi connectivity index (χ0v) is 10.8. The molecule has 1 heterocycles. The lowest BCUT2D eigenvalue weighted by Gasteiger charge is -2.02. The van der Waals surface area contributed by atoms with Gasteiger partial charge in [-0.2, -0.15) is 0 Å². The van der Waals surface area contributed by atoms with Gasteiger partial charge in [0.05, 0.1) is 12.2 Å². The first-order chi connectivity index (χ1) is 7.81. The highest BCUT2D eigenvalue weighted by atomic mass is 127. The van der Waals surface area contributed by atoms with Crippen LogP contribution in [0.1, 0.15) is 11.3 Å². The van der Waals surface area contributed by atoms with Crippen LogP contribution < -0.4 is 0 Å². The SMILES string of the molecule is OCCc1nnn(Cc2ccccc2)c1I. The Hall–Kier alpha value is -0.950. The normalized spacial score (nSPS) is 10.6. The lowest BCUT2D eigenvalue weighted by Crippen LogP contribution is -2.04. The Balaban J connectivity index is 2.16. The van der Waals surface area contributed by atoms with E-state index in [9.17, 15) is 0 Å². The molecular weight excluding hydrogens is 317 g/mol. The quantitative estimate of drug-likeness (QED) is 0.865. The minimum absolute atomic E-state index is 0.111. The number of aliphatic hydroxyl groups is 1. The monoisotopic (exact) mass is 329 g/mol. The Morgan fingerprint density at radius 2 is 2.00 bits per heavy atom. The van der Waals surface area contributed by atoms with Gasteiger partial charge in [0.25, 0.3) is 0 Å². The summed E-state index contributed by atoms with van der Waals surface area (Å²) in [6.07, 6.45) is 0.563. The standard InChI is InChI=1S/C11H12IN3O/c12-11-10(6-7-16)13-14-15(11)8-9-4-2-1-3-5-9/h1-5,16H,6-8H2. The molecule has 0 saturated carbocycles. The van der Waals surface area contributed by atoms with Crippen molar-refractivity contribution in [2.75, 3.05) is 6.61 Å². The Morgan fingerprint density at radius 3 is 2.69 bits per heavy atom. The van der Waals surface area contributed by atoms with Crippen LogP contribution in [-0.2, 0) is 13.0 Å². The number of benzene rings is 1. The van der Waals surface area contributed by atoms with Crippen molar-refractivity contribution < 1.29 is 5.11 Å². The van der Waals surface area contributed by atoms with E-state index in [-0.39, 0.29) is 6.61 Å². The molecule has 5 heteroatoms. The molecule has 0 atom stereocenters. The molecule has 0 bridgehead atoms. The maximum Gasteiger partial charge on any atom is 0.123 e. The van der Waals surface area contributed by atoms with Crippen molar-refractivity contribution in [3.05, 3.63) is 45.3 Å². The molecule has 0 spiro atoms. The molecule has 16 heavy (non-hydrogen) atoms. The molecular formula is C11H12IN3O. The minimum atomic E-state index is 0.111. The van der Waals surface area contributed by atoms with Gasteiger partial charge in [-0.15, -0.1) is 5.10 Å². The molecule has 4 nitrogen and oxygen atoms in total. The molecule has 1 N–H and O–H groups in total. The molecule has 2 rings (SSSR count). The van der Waals surface area contributed by atoms with Crippen LogP contribution in [0, 0.1) is 3.70 Å². The van der Waals surface area contributed by atoms with Crippen molar-refractivity contribution in [3.63, 3.8) is 0 Å². The molecule has 2 aromatic rings. The third-order valence-corrected chi connectivity index (χ3v) is 3.44. The fourth-order valence-corrected chi connectivity index (χ4v) is 2.10. The fraction of sp³-hybridized carbons (Fsp3) is 0.273. The molecule has 0 unspecified atom stereocenters. The third-order valence-electron chi connectivity index (χ3n) is 2.26. The van der Waals surface area contributed by atoms with Gasteiger partial charge in [-0.05, 0) is 28.2 Å². The molecule has 1 aromatic carbocycles. The van der Waals surface area contributed by atoms with Gasteiger partial charge in [-0.25, -0.2) is 4.68 Å². The molecule has 0 aliphatic carbocycles. The number of halogens is 1. The Labute approximate surface area is 107 Å². The third kappa shape index (κ3) is 2.59. The molecule has 1 aromatic heterocycles. The van der Waals surface area contributed by atoms with Crippen LogP contribution in [0.4, 0.5) is 0 Å². The average molecular weight is 329 g/mol. The molecule has 0 fully saturated rings. The Morgan fingerprint density at radius 1 is 1.25 bits per heavy atom.